The minimum absolute atomic E-state index is 0.0637. The Hall–Kier alpha value is -4.33. The third-order valence-corrected chi connectivity index (χ3v) is 5.31. The number of hydrogen-bond donors (Lipinski definition) is 2. The van der Waals surface area contributed by atoms with Gasteiger partial charge in [-0.25, -0.2) is 4.98 Å². The fourth-order valence-corrected chi connectivity index (χ4v) is 3.34. The van der Waals surface area contributed by atoms with E-state index >= 15 is 0 Å². The summed E-state index contributed by atoms with van der Waals surface area (Å²) in [4.78, 5) is 28.9. The molecule has 2 amide bonds. The smallest absolute Gasteiger partial charge is 0.254 e. The molecule has 0 saturated carbocycles. The van der Waals surface area contributed by atoms with Crippen molar-refractivity contribution < 1.29 is 23.2 Å². The Bertz CT molecular complexity index is 1240. The number of nitrogens with zero attached hydrogens (tertiary/aromatic N) is 1. The highest BCUT2D eigenvalue weighted by atomic mass is 16.5. The van der Waals surface area contributed by atoms with E-state index in [4.69, 9.17) is 13.6 Å². The molecule has 4 rings (SSSR count). The van der Waals surface area contributed by atoms with Crippen LogP contribution in [0.1, 0.15) is 33.8 Å². The molecule has 0 atom stereocenters. The van der Waals surface area contributed by atoms with Gasteiger partial charge in [-0.2, -0.15) is 0 Å². The maximum Gasteiger partial charge on any atom is 0.254 e. The molecule has 0 bridgehead atoms. The lowest BCUT2D eigenvalue weighted by Gasteiger charge is -2.06. The highest BCUT2D eigenvalue weighted by Crippen LogP contribution is 2.23. The number of furan rings is 1. The van der Waals surface area contributed by atoms with E-state index in [9.17, 15) is 9.59 Å². The summed E-state index contributed by atoms with van der Waals surface area (Å²) in [6, 6.07) is 16.5. The third kappa shape index (κ3) is 5.72. The van der Waals surface area contributed by atoms with Crippen LogP contribution in [-0.4, -0.2) is 23.9 Å². The molecule has 0 aliphatic rings. The Morgan fingerprint density at radius 2 is 1.79 bits per heavy atom. The number of carbonyl (C=O) groups is 2. The minimum Gasteiger partial charge on any atom is -0.497 e. The summed E-state index contributed by atoms with van der Waals surface area (Å²) in [5, 5.41) is 5.70. The largest absolute Gasteiger partial charge is 0.497 e. The quantitative estimate of drug-likeness (QED) is 0.374. The van der Waals surface area contributed by atoms with Gasteiger partial charge in [0.1, 0.15) is 23.5 Å². The molecular formula is C26H25N3O5. The van der Waals surface area contributed by atoms with E-state index < -0.39 is 0 Å². The number of amides is 2. The van der Waals surface area contributed by atoms with Gasteiger partial charge in [0.15, 0.2) is 0 Å². The molecule has 34 heavy (non-hydrogen) atoms. The van der Waals surface area contributed by atoms with Gasteiger partial charge < -0.3 is 24.2 Å². The fourth-order valence-electron chi connectivity index (χ4n) is 3.34. The average molecular weight is 460 g/mol. The summed E-state index contributed by atoms with van der Waals surface area (Å²) in [5.41, 5.74) is 3.62. The monoisotopic (exact) mass is 459 g/mol. The number of aromatic nitrogens is 1. The second-order valence-electron chi connectivity index (χ2n) is 7.69. The van der Waals surface area contributed by atoms with Gasteiger partial charge >= 0.3 is 0 Å². The summed E-state index contributed by atoms with van der Waals surface area (Å²) >= 11 is 0. The van der Waals surface area contributed by atoms with Crippen molar-refractivity contribution in [3.8, 4) is 17.2 Å². The summed E-state index contributed by atoms with van der Waals surface area (Å²) in [6.45, 7) is 2.04. The molecule has 0 spiro atoms. The Morgan fingerprint density at radius 3 is 2.47 bits per heavy atom. The van der Waals surface area contributed by atoms with Crippen molar-refractivity contribution in [3.05, 3.63) is 89.7 Å². The molecule has 0 aliphatic carbocycles. The molecule has 0 radical (unpaired) electrons. The van der Waals surface area contributed by atoms with Crippen LogP contribution in [0.4, 0.5) is 5.69 Å². The van der Waals surface area contributed by atoms with Gasteiger partial charge in [-0.1, -0.05) is 12.1 Å². The van der Waals surface area contributed by atoms with Crippen LogP contribution in [0.5, 0.6) is 5.75 Å². The van der Waals surface area contributed by atoms with E-state index in [1.165, 1.54) is 12.5 Å². The number of methoxy groups -OCH3 is 1. The summed E-state index contributed by atoms with van der Waals surface area (Å²) in [5.74, 6) is 1.55. The topological polar surface area (TPSA) is 107 Å². The number of nitrogens with one attached hydrogen (secondary N) is 2. The second kappa shape index (κ2) is 10.5. The van der Waals surface area contributed by atoms with Crippen molar-refractivity contribution >= 4 is 17.5 Å². The van der Waals surface area contributed by atoms with Crippen LogP contribution < -0.4 is 15.4 Å². The molecule has 0 aliphatic heterocycles. The van der Waals surface area contributed by atoms with Crippen molar-refractivity contribution in [1.29, 1.82) is 0 Å². The minimum atomic E-state index is -0.246. The Balaban J connectivity index is 1.30. The van der Waals surface area contributed by atoms with E-state index in [0.29, 0.717) is 41.4 Å². The van der Waals surface area contributed by atoms with Crippen LogP contribution >= 0.6 is 0 Å². The lowest BCUT2D eigenvalue weighted by molar-refractivity contribution is -0.116. The van der Waals surface area contributed by atoms with E-state index in [2.05, 4.69) is 15.6 Å². The maximum absolute atomic E-state index is 12.3. The molecule has 4 aromatic rings. The Morgan fingerprint density at radius 1 is 1.03 bits per heavy atom. The van der Waals surface area contributed by atoms with E-state index in [-0.39, 0.29) is 18.4 Å². The van der Waals surface area contributed by atoms with E-state index in [0.717, 1.165) is 16.9 Å². The van der Waals surface area contributed by atoms with Crippen molar-refractivity contribution in [2.24, 2.45) is 0 Å². The van der Waals surface area contributed by atoms with Gasteiger partial charge in [-0.15, -0.1) is 0 Å². The van der Waals surface area contributed by atoms with Crippen LogP contribution in [-0.2, 0) is 17.8 Å². The van der Waals surface area contributed by atoms with Gasteiger partial charge in [0, 0.05) is 17.7 Å². The number of oxazole rings is 1. The average Bonchev–Trinajstić information content (AvgIpc) is 3.52. The lowest BCUT2D eigenvalue weighted by atomic mass is 10.1. The van der Waals surface area contributed by atoms with Crippen molar-refractivity contribution in [3.63, 3.8) is 0 Å². The zero-order valence-corrected chi connectivity index (χ0v) is 19.0. The van der Waals surface area contributed by atoms with Gasteiger partial charge in [-0.05, 0) is 61.4 Å². The molecule has 0 saturated heterocycles. The van der Waals surface area contributed by atoms with Crippen LogP contribution in [0.3, 0.4) is 0 Å². The first-order valence-corrected chi connectivity index (χ1v) is 10.8. The molecule has 8 nitrogen and oxygen atoms in total. The molecule has 174 valence electrons. The summed E-state index contributed by atoms with van der Waals surface area (Å²) < 4.78 is 15.8. The first-order valence-electron chi connectivity index (χ1n) is 10.8. The van der Waals surface area contributed by atoms with Gasteiger partial charge in [-0.3, -0.25) is 9.59 Å². The number of anilines is 1. The fraction of sp³-hybridized carbons (Fsp3) is 0.192. The van der Waals surface area contributed by atoms with Gasteiger partial charge in [0.05, 0.1) is 25.5 Å². The number of rotatable bonds is 9. The van der Waals surface area contributed by atoms with Gasteiger partial charge in [0.2, 0.25) is 11.8 Å². The molecular weight excluding hydrogens is 434 g/mol. The van der Waals surface area contributed by atoms with Crippen LogP contribution in [0, 0.1) is 6.92 Å². The molecule has 2 N–H and O–H groups in total. The first-order chi connectivity index (χ1) is 16.5. The van der Waals surface area contributed by atoms with E-state index in [1.807, 2.05) is 36.4 Å². The molecule has 2 aromatic heterocycles. The van der Waals surface area contributed by atoms with Crippen molar-refractivity contribution in [2.75, 3.05) is 12.4 Å². The zero-order valence-electron chi connectivity index (χ0n) is 19.0. The Kier molecular flexibility index (Phi) is 7.07. The predicted octanol–water partition coefficient (Wildman–Crippen LogP) is 4.75. The predicted molar refractivity (Wildman–Crippen MR) is 126 cm³/mol. The van der Waals surface area contributed by atoms with Crippen LogP contribution in [0.25, 0.3) is 11.5 Å². The SMILES string of the molecule is COc1ccc(CCC(=O)Nc2ccc(-c3nc(CNC(=O)c4ccoc4)c(C)o3)cc2)cc1. The molecule has 2 heterocycles. The first kappa shape index (κ1) is 22.8. The number of carbonyl (C=O) groups excluding carboxylic acids is 2. The lowest BCUT2D eigenvalue weighted by Crippen LogP contribution is -2.22. The van der Waals surface area contributed by atoms with E-state index in [1.54, 1.807) is 32.2 Å². The summed E-state index contributed by atoms with van der Waals surface area (Å²) in [6.07, 6.45) is 3.85. The highest BCUT2D eigenvalue weighted by molar-refractivity contribution is 5.93. The van der Waals surface area contributed by atoms with Crippen LogP contribution in [0.15, 0.2) is 76.0 Å². The standard InChI is InChI=1S/C26H25N3O5/c1-17-23(15-27-25(31)20-13-14-33-16-20)29-26(34-17)19-6-8-21(9-7-19)28-24(30)12-5-18-3-10-22(32-2)11-4-18/h3-4,6-11,13-14,16H,5,12,15H2,1-2H3,(H,27,31)(H,28,30). The molecule has 2 aromatic carbocycles. The third-order valence-electron chi connectivity index (χ3n) is 5.31. The highest BCUT2D eigenvalue weighted by Gasteiger charge is 2.14. The Labute approximate surface area is 197 Å². The molecule has 0 fully saturated rings. The normalized spacial score (nSPS) is 10.6. The van der Waals surface area contributed by atoms with Crippen molar-refractivity contribution in [2.45, 2.75) is 26.3 Å². The number of hydrogen-bond acceptors (Lipinski definition) is 6. The zero-order chi connectivity index (χ0) is 23.9. The second-order valence-corrected chi connectivity index (χ2v) is 7.69. The number of aryl methyl sites for hydroxylation is 2. The van der Waals surface area contributed by atoms with Crippen molar-refractivity contribution in [1.82, 2.24) is 10.3 Å². The van der Waals surface area contributed by atoms with Gasteiger partial charge in [0.25, 0.3) is 5.91 Å². The molecule has 0 unspecified atom stereocenters. The number of benzene rings is 2. The summed E-state index contributed by atoms with van der Waals surface area (Å²) in [7, 11) is 1.62. The molecule has 8 heteroatoms. The van der Waals surface area contributed by atoms with Crippen LogP contribution in [0.2, 0.25) is 0 Å². The number of ether oxygens (including phenoxy) is 1. The maximum atomic E-state index is 12.3.